The van der Waals surface area contributed by atoms with Crippen LogP contribution >= 0.6 is 11.6 Å². The molecular formula is C13H16ClF2NO2. The molecular weight excluding hydrogens is 276 g/mol. The minimum Gasteiger partial charge on any atom is -0.435 e. The fraction of sp³-hybridized carbons (Fsp3) is 0.462. The molecule has 3 nitrogen and oxygen atoms in total. The summed E-state index contributed by atoms with van der Waals surface area (Å²) in [7, 11) is 0. The SMILES string of the molecule is CC(C)(CCl)CNC(=O)c1ccc(OC(F)F)cc1. The van der Waals surface area contributed by atoms with Crippen molar-refractivity contribution in [3.05, 3.63) is 29.8 Å². The first kappa shape index (κ1) is 15.7. The molecule has 0 saturated carbocycles. The van der Waals surface area contributed by atoms with Gasteiger partial charge in [0.15, 0.2) is 0 Å². The van der Waals surface area contributed by atoms with Crippen LogP contribution in [0.25, 0.3) is 0 Å². The highest BCUT2D eigenvalue weighted by Crippen LogP contribution is 2.17. The predicted molar refractivity (Wildman–Crippen MR) is 69.9 cm³/mol. The molecule has 0 aliphatic rings. The Bertz CT molecular complexity index is 421. The van der Waals surface area contributed by atoms with Crippen LogP contribution < -0.4 is 10.1 Å². The summed E-state index contributed by atoms with van der Waals surface area (Å²) in [6, 6.07) is 5.52. The van der Waals surface area contributed by atoms with Gasteiger partial charge in [0.25, 0.3) is 5.91 Å². The number of halogens is 3. The van der Waals surface area contributed by atoms with E-state index in [4.69, 9.17) is 11.6 Å². The topological polar surface area (TPSA) is 38.3 Å². The Morgan fingerprint density at radius 2 is 1.95 bits per heavy atom. The van der Waals surface area contributed by atoms with Gasteiger partial charge in [-0.2, -0.15) is 8.78 Å². The first-order valence-corrected chi connectivity index (χ1v) is 6.26. The molecule has 0 radical (unpaired) electrons. The van der Waals surface area contributed by atoms with Gasteiger partial charge in [-0.3, -0.25) is 4.79 Å². The van der Waals surface area contributed by atoms with Crippen molar-refractivity contribution in [1.82, 2.24) is 5.32 Å². The number of ether oxygens (including phenoxy) is 1. The van der Waals surface area contributed by atoms with Crippen LogP contribution in [0.3, 0.4) is 0 Å². The fourth-order valence-corrected chi connectivity index (χ4v) is 1.35. The molecule has 0 fully saturated rings. The largest absolute Gasteiger partial charge is 0.435 e. The fourth-order valence-electron chi connectivity index (χ4n) is 1.26. The lowest BCUT2D eigenvalue weighted by Crippen LogP contribution is -2.34. The quantitative estimate of drug-likeness (QED) is 0.817. The average molecular weight is 292 g/mol. The second kappa shape index (κ2) is 6.70. The van der Waals surface area contributed by atoms with Crippen LogP contribution in [0.15, 0.2) is 24.3 Å². The van der Waals surface area contributed by atoms with E-state index in [2.05, 4.69) is 10.1 Å². The summed E-state index contributed by atoms with van der Waals surface area (Å²) in [6.45, 7) is 1.42. The molecule has 0 aliphatic heterocycles. The molecule has 0 unspecified atom stereocenters. The van der Waals surface area contributed by atoms with Gasteiger partial charge in [-0.05, 0) is 29.7 Å². The number of carbonyl (C=O) groups is 1. The summed E-state index contributed by atoms with van der Waals surface area (Å²) in [5.41, 5.74) is 0.183. The zero-order valence-corrected chi connectivity index (χ0v) is 11.5. The van der Waals surface area contributed by atoms with E-state index in [-0.39, 0.29) is 17.1 Å². The molecule has 0 bridgehead atoms. The zero-order valence-electron chi connectivity index (χ0n) is 10.8. The molecule has 0 aromatic heterocycles. The highest BCUT2D eigenvalue weighted by molar-refractivity contribution is 6.18. The van der Waals surface area contributed by atoms with Gasteiger partial charge < -0.3 is 10.1 Å². The van der Waals surface area contributed by atoms with Gasteiger partial charge in [0.05, 0.1) is 0 Å². The molecule has 0 spiro atoms. The van der Waals surface area contributed by atoms with E-state index in [9.17, 15) is 13.6 Å². The predicted octanol–water partition coefficient (Wildman–Crippen LogP) is 3.28. The molecule has 1 rings (SSSR count). The molecule has 1 amide bonds. The van der Waals surface area contributed by atoms with Crippen molar-refractivity contribution in [2.45, 2.75) is 20.5 Å². The number of amides is 1. The second-order valence-electron chi connectivity index (χ2n) is 4.88. The zero-order chi connectivity index (χ0) is 14.5. The Balaban J connectivity index is 2.58. The van der Waals surface area contributed by atoms with Gasteiger partial charge in [-0.1, -0.05) is 13.8 Å². The van der Waals surface area contributed by atoms with Gasteiger partial charge >= 0.3 is 6.61 Å². The summed E-state index contributed by atoms with van der Waals surface area (Å²) < 4.78 is 28.1. The van der Waals surface area contributed by atoms with Crippen molar-refractivity contribution >= 4 is 17.5 Å². The van der Waals surface area contributed by atoms with Crippen molar-refractivity contribution in [1.29, 1.82) is 0 Å². The summed E-state index contributed by atoms with van der Waals surface area (Å²) in [5, 5.41) is 2.74. The maximum absolute atomic E-state index is 12.0. The maximum Gasteiger partial charge on any atom is 0.387 e. The van der Waals surface area contributed by atoms with E-state index in [1.165, 1.54) is 24.3 Å². The van der Waals surface area contributed by atoms with Crippen LogP contribution in [0, 0.1) is 5.41 Å². The van der Waals surface area contributed by atoms with Crippen LogP contribution in [0.4, 0.5) is 8.78 Å². The average Bonchev–Trinajstić information content (AvgIpc) is 2.36. The summed E-state index contributed by atoms with van der Waals surface area (Å²) >= 11 is 5.75. The molecule has 0 saturated heterocycles. The van der Waals surface area contributed by atoms with Crippen molar-refractivity contribution in [3.63, 3.8) is 0 Å². The van der Waals surface area contributed by atoms with E-state index < -0.39 is 6.61 Å². The summed E-state index contributed by atoms with van der Waals surface area (Å²) in [5.74, 6) is 0.170. The maximum atomic E-state index is 12.0. The first-order chi connectivity index (χ1) is 8.84. The molecule has 106 valence electrons. The van der Waals surface area contributed by atoms with E-state index in [1.807, 2.05) is 13.8 Å². The third-order valence-corrected chi connectivity index (χ3v) is 3.15. The van der Waals surface area contributed by atoms with Crippen molar-refractivity contribution in [2.75, 3.05) is 12.4 Å². The standard InChI is InChI=1S/C13H16ClF2NO2/c1-13(2,7-14)8-17-11(18)9-3-5-10(6-4-9)19-12(15)16/h3-6,12H,7-8H2,1-2H3,(H,17,18). The number of nitrogens with one attached hydrogen (secondary N) is 1. The number of hydrogen-bond acceptors (Lipinski definition) is 2. The molecule has 1 N–H and O–H groups in total. The Morgan fingerprint density at radius 3 is 2.42 bits per heavy atom. The number of alkyl halides is 3. The lowest BCUT2D eigenvalue weighted by Gasteiger charge is -2.21. The minimum absolute atomic E-state index is 0.0210. The Hall–Kier alpha value is -1.36. The smallest absolute Gasteiger partial charge is 0.387 e. The Morgan fingerprint density at radius 1 is 1.37 bits per heavy atom. The summed E-state index contributed by atoms with van der Waals surface area (Å²) in [4.78, 5) is 11.8. The third kappa shape index (κ3) is 5.42. The van der Waals surface area contributed by atoms with Gasteiger partial charge in [0.2, 0.25) is 0 Å². The number of carbonyl (C=O) groups excluding carboxylic acids is 1. The van der Waals surface area contributed by atoms with E-state index in [0.29, 0.717) is 18.0 Å². The number of benzene rings is 1. The van der Waals surface area contributed by atoms with Crippen LogP contribution in [0.2, 0.25) is 0 Å². The number of rotatable bonds is 6. The highest BCUT2D eigenvalue weighted by Gasteiger charge is 2.18. The van der Waals surface area contributed by atoms with Gasteiger partial charge in [-0.15, -0.1) is 11.6 Å². The molecule has 6 heteroatoms. The summed E-state index contributed by atoms with van der Waals surface area (Å²) in [6.07, 6.45) is 0. The van der Waals surface area contributed by atoms with Crippen LogP contribution in [0.1, 0.15) is 24.2 Å². The highest BCUT2D eigenvalue weighted by atomic mass is 35.5. The minimum atomic E-state index is -2.87. The van der Waals surface area contributed by atoms with Gasteiger partial charge in [0, 0.05) is 18.0 Å². The lowest BCUT2D eigenvalue weighted by molar-refractivity contribution is -0.0498. The molecule has 1 aromatic carbocycles. The molecule has 0 heterocycles. The van der Waals surface area contributed by atoms with Gasteiger partial charge in [-0.25, -0.2) is 0 Å². The molecule has 1 aromatic rings. The van der Waals surface area contributed by atoms with E-state index in [1.54, 1.807) is 0 Å². The van der Waals surface area contributed by atoms with E-state index >= 15 is 0 Å². The van der Waals surface area contributed by atoms with Crippen LogP contribution in [0.5, 0.6) is 5.75 Å². The molecule has 0 atom stereocenters. The Kier molecular flexibility index (Phi) is 5.54. The molecule has 0 aliphatic carbocycles. The van der Waals surface area contributed by atoms with Crippen molar-refractivity contribution in [2.24, 2.45) is 5.41 Å². The number of hydrogen-bond donors (Lipinski definition) is 1. The lowest BCUT2D eigenvalue weighted by atomic mass is 9.96. The first-order valence-electron chi connectivity index (χ1n) is 5.73. The van der Waals surface area contributed by atoms with E-state index in [0.717, 1.165) is 0 Å². The molecule has 19 heavy (non-hydrogen) atoms. The third-order valence-electron chi connectivity index (χ3n) is 2.43. The van der Waals surface area contributed by atoms with Crippen LogP contribution in [-0.2, 0) is 0 Å². The normalized spacial score (nSPS) is 11.5. The Labute approximate surface area is 115 Å². The van der Waals surface area contributed by atoms with Gasteiger partial charge in [0.1, 0.15) is 5.75 Å². The monoisotopic (exact) mass is 291 g/mol. The van der Waals surface area contributed by atoms with Crippen molar-refractivity contribution < 1.29 is 18.3 Å². The van der Waals surface area contributed by atoms with Crippen molar-refractivity contribution in [3.8, 4) is 5.75 Å². The second-order valence-corrected chi connectivity index (χ2v) is 5.15. The van der Waals surface area contributed by atoms with Crippen LogP contribution in [-0.4, -0.2) is 24.9 Å².